The second kappa shape index (κ2) is 4.99. The maximum Gasteiger partial charge on any atom is 0.327 e. The van der Waals surface area contributed by atoms with Gasteiger partial charge in [-0.2, -0.15) is 0 Å². The molecule has 0 saturated heterocycles. The molecule has 0 saturated carbocycles. The van der Waals surface area contributed by atoms with Gasteiger partial charge in [-0.05, 0) is 20.8 Å². The molecule has 0 radical (unpaired) electrons. The quantitative estimate of drug-likeness (QED) is 0.541. The molecular weight excluding hydrogens is 130 g/mol. The maximum atomic E-state index is 9.25. The topological polar surface area (TPSA) is 63.3 Å². The molecule has 0 fully saturated rings. The summed E-state index contributed by atoms with van der Waals surface area (Å²) >= 11 is 0. The number of hydrogen-bond acceptors (Lipinski definition) is 2. The SMILES string of the molecule is C=CC(=O)O.CC(C)(C)N. The van der Waals surface area contributed by atoms with Crippen molar-refractivity contribution in [3.63, 3.8) is 0 Å². The molecule has 0 aromatic carbocycles. The van der Waals surface area contributed by atoms with Crippen LogP contribution in [0.25, 0.3) is 0 Å². The van der Waals surface area contributed by atoms with Crippen LogP contribution in [0.15, 0.2) is 12.7 Å². The molecule has 0 unspecified atom stereocenters. The van der Waals surface area contributed by atoms with Crippen molar-refractivity contribution >= 4 is 5.97 Å². The highest BCUT2D eigenvalue weighted by Crippen LogP contribution is 1.88. The van der Waals surface area contributed by atoms with E-state index in [0.717, 1.165) is 6.08 Å². The monoisotopic (exact) mass is 145 g/mol. The summed E-state index contributed by atoms with van der Waals surface area (Å²) in [4.78, 5) is 9.25. The molecule has 0 rings (SSSR count). The van der Waals surface area contributed by atoms with E-state index in [-0.39, 0.29) is 5.54 Å². The van der Waals surface area contributed by atoms with Gasteiger partial charge >= 0.3 is 5.97 Å². The van der Waals surface area contributed by atoms with Crippen LogP contribution in [0.3, 0.4) is 0 Å². The normalized spacial score (nSPS) is 9.20. The Morgan fingerprint density at radius 3 is 1.70 bits per heavy atom. The highest BCUT2D eigenvalue weighted by atomic mass is 16.4. The summed E-state index contributed by atoms with van der Waals surface area (Å²) < 4.78 is 0. The van der Waals surface area contributed by atoms with E-state index in [1.165, 1.54) is 0 Å². The molecule has 0 aliphatic carbocycles. The van der Waals surface area contributed by atoms with Crippen molar-refractivity contribution in [1.82, 2.24) is 0 Å². The number of aliphatic carboxylic acids is 1. The molecule has 0 aliphatic heterocycles. The molecule has 0 aromatic heterocycles. The minimum atomic E-state index is -0.981. The van der Waals surface area contributed by atoms with Gasteiger partial charge in [-0.25, -0.2) is 4.79 Å². The Labute approximate surface area is 61.5 Å². The van der Waals surface area contributed by atoms with Crippen molar-refractivity contribution in [2.75, 3.05) is 0 Å². The first-order chi connectivity index (χ1) is 4.27. The highest BCUT2D eigenvalue weighted by molar-refractivity contribution is 5.78. The van der Waals surface area contributed by atoms with Gasteiger partial charge < -0.3 is 10.8 Å². The summed E-state index contributed by atoms with van der Waals surface area (Å²) in [6.45, 7) is 8.86. The first kappa shape index (κ1) is 11.9. The van der Waals surface area contributed by atoms with Crippen molar-refractivity contribution in [2.24, 2.45) is 5.73 Å². The lowest BCUT2D eigenvalue weighted by Gasteiger charge is -2.06. The largest absolute Gasteiger partial charge is 0.478 e. The van der Waals surface area contributed by atoms with E-state index in [0.29, 0.717) is 0 Å². The van der Waals surface area contributed by atoms with E-state index >= 15 is 0 Å². The van der Waals surface area contributed by atoms with Crippen LogP contribution in [-0.2, 0) is 4.79 Å². The first-order valence-electron chi connectivity index (χ1n) is 2.91. The Hall–Kier alpha value is -0.830. The first-order valence-corrected chi connectivity index (χ1v) is 2.91. The van der Waals surface area contributed by atoms with E-state index in [1.54, 1.807) is 0 Å². The van der Waals surface area contributed by atoms with Gasteiger partial charge in [0, 0.05) is 11.6 Å². The van der Waals surface area contributed by atoms with Gasteiger partial charge in [0.2, 0.25) is 0 Å². The van der Waals surface area contributed by atoms with Crippen molar-refractivity contribution in [1.29, 1.82) is 0 Å². The Morgan fingerprint density at radius 2 is 1.70 bits per heavy atom. The van der Waals surface area contributed by atoms with E-state index in [9.17, 15) is 4.79 Å². The molecule has 3 nitrogen and oxygen atoms in total. The third kappa shape index (κ3) is 199. The van der Waals surface area contributed by atoms with Crippen molar-refractivity contribution in [3.8, 4) is 0 Å². The molecule has 10 heavy (non-hydrogen) atoms. The predicted molar refractivity (Wildman–Crippen MR) is 41.8 cm³/mol. The zero-order valence-corrected chi connectivity index (χ0v) is 6.72. The molecular formula is C7H15NO2. The third-order valence-corrected chi connectivity index (χ3v) is 0.175. The van der Waals surface area contributed by atoms with Gasteiger partial charge in [0.05, 0.1) is 0 Å². The third-order valence-electron chi connectivity index (χ3n) is 0.175. The molecule has 3 N–H and O–H groups in total. The standard InChI is InChI=1S/C4H11N.C3H4O2/c1-4(2,3)5;1-2-3(4)5/h5H2,1-3H3;2H,1H2,(H,4,5). The summed E-state index contributed by atoms with van der Waals surface area (Å²) in [5.41, 5.74) is 5.35. The lowest BCUT2D eigenvalue weighted by atomic mass is 10.1. The summed E-state index contributed by atoms with van der Waals surface area (Å²) in [6.07, 6.45) is 0.833. The summed E-state index contributed by atoms with van der Waals surface area (Å²) in [7, 11) is 0. The summed E-state index contributed by atoms with van der Waals surface area (Å²) in [5.74, 6) is -0.981. The maximum absolute atomic E-state index is 9.25. The molecule has 3 heteroatoms. The average molecular weight is 145 g/mol. The molecule has 60 valence electrons. The number of hydrogen-bond donors (Lipinski definition) is 2. The molecule has 0 heterocycles. The van der Waals surface area contributed by atoms with Crippen LogP contribution in [-0.4, -0.2) is 16.6 Å². The predicted octanol–water partition coefficient (Wildman–Crippen LogP) is 1.00. The lowest BCUT2D eigenvalue weighted by molar-refractivity contribution is -0.131. The fourth-order valence-electron chi connectivity index (χ4n) is 0. The fraction of sp³-hybridized carbons (Fsp3) is 0.571. The zero-order valence-electron chi connectivity index (χ0n) is 6.72. The van der Waals surface area contributed by atoms with Gasteiger partial charge in [0.25, 0.3) is 0 Å². The van der Waals surface area contributed by atoms with Crippen molar-refractivity contribution in [2.45, 2.75) is 26.3 Å². The van der Waals surface area contributed by atoms with E-state index in [4.69, 9.17) is 10.8 Å². The number of carboxylic acids is 1. The van der Waals surface area contributed by atoms with Gasteiger partial charge in [0.15, 0.2) is 0 Å². The van der Waals surface area contributed by atoms with Crippen LogP contribution in [0.5, 0.6) is 0 Å². The second-order valence-corrected chi connectivity index (χ2v) is 2.91. The van der Waals surface area contributed by atoms with Gasteiger partial charge in [-0.15, -0.1) is 0 Å². The van der Waals surface area contributed by atoms with Crippen LogP contribution >= 0.6 is 0 Å². The Kier molecular flexibility index (Phi) is 5.95. The van der Waals surface area contributed by atoms with Crippen LogP contribution in [0.2, 0.25) is 0 Å². The van der Waals surface area contributed by atoms with E-state index < -0.39 is 5.97 Å². The van der Waals surface area contributed by atoms with Crippen LogP contribution in [0.1, 0.15) is 20.8 Å². The number of rotatable bonds is 1. The number of carboxylic acid groups (broad SMARTS) is 1. The lowest BCUT2D eigenvalue weighted by Crippen LogP contribution is -2.26. The Bertz CT molecular complexity index is 107. The van der Waals surface area contributed by atoms with Gasteiger partial charge in [-0.1, -0.05) is 6.58 Å². The average Bonchev–Trinajstić information content (AvgIpc) is 1.61. The Balaban J connectivity index is 0. The second-order valence-electron chi connectivity index (χ2n) is 2.91. The number of carbonyl (C=O) groups is 1. The smallest absolute Gasteiger partial charge is 0.327 e. The molecule has 0 aromatic rings. The zero-order chi connectivity index (χ0) is 8.78. The van der Waals surface area contributed by atoms with E-state index in [1.807, 2.05) is 20.8 Å². The van der Waals surface area contributed by atoms with Crippen LogP contribution < -0.4 is 5.73 Å². The van der Waals surface area contributed by atoms with Gasteiger partial charge in [0.1, 0.15) is 0 Å². The molecule has 0 bridgehead atoms. The van der Waals surface area contributed by atoms with Crippen LogP contribution in [0, 0.1) is 0 Å². The highest BCUT2D eigenvalue weighted by Gasteiger charge is 1.95. The van der Waals surface area contributed by atoms with Crippen molar-refractivity contribution < 1.29 is 9.90 Å². The minimum Gasteiger partial charge on any atom is -0.478 e. The molecule has 0 atom stereocenters. The van der Waals surface area contributed by atoms with Crippen LogP contribution in [0.4, 0.5) is 0 Å². The molecule has 0 spiro atoms. The summed E-state index contributed by atoms with van der Waals surface area (Å²) in [6, 6.07) is 0. The van der Waals surface area contributed by atoms with E-state index in [2.05, 4.69) is 6.58 Å². The Morgan fingerprint density at radius 1 is 1.60 bits per heavy atom. The number of nitrogens with two attached hydrogens (primary N) is 1. The molecule has 0 aliphatic rings. The van der Waals surface area contributed by atoms with Gasteiger partial charge in [-0.3, -0.25) is 0 Å². The molecule has 0 amide bonds. The van der Waals surface area contributed by atoms with Crippen molar-refractivity contribution in [3.05, 3.63) is 12.7 Å². The minimum absolute atomic E-state index is 0. The fourth-order valence-corrected chi connectivity index (χ4v) is 0. The summed E-state index contributed by atoms with van der Waals surface area (Å²) in [5, 5.41) is 7.60.